The van der Waals surface area contributed by atoms with Crippen molar-refractivity contribution < 1.29 is 9.59 Å². The van der Waals surface area contributed by atoms with Crippen molar-refractivity contribution in [3.63, 3.8) is 0 Å². The summed E-state index contributed by atoms with van der Waals surface area (Å²) in [6.07, 6.45) is 2.83. The van der Waals surface area contributed by atoms with Crippen molar-refractivity contribution in [3.05, 3.63) is 60.0 Å². The molecule has 0 spiro atoms. The van der Waals surface area contributed by atoms with Crippen LogP contribution in [0, 0.1) is 0 Å². The van der Waals surface area contributed by atoms with Gasteiger partial charge in [-0.3, -0.25) is 25.5 Å². The van der Waals surface area contributed by atoms with Gasteiger partial charge >= 0.3 is 0 Å². The van der Waals surface area contributed by atoms with E-state index in [1.165, 1.54) is 0 Å². The van der Waals surface area contributed by atoms with Crippen LogP contribution in [-0.4, -0.2) is 31.6 Å². The van der Waals surface area contributed by atoms with Crippen LogP contribution in [0.4, 0.5) is 0 Å². The first kappa shape index (κ1) is 18.7. The molecule has 3 N–H and O–H groups in total. The molecular formula is C21H22N6O2. The molecule has 0 unspecified atom stereocenters. The van der Waals surface area contributed by atoms with Gasteiger partial charge in [0.2, 0.25) is 0 Å². The summed E-state index contributed by atoms with van der Waals surface area (Å²) in [5.74, 6) is 0.0596. The van der Waals surface area contributed by atoms with Crippen molar-refractivity contribution >= 4 is 33.8 Å². The number of unbranched alkanes of at least 4 members (excludes halogenated alkanes) is 1. The highest BCUT2D eigenvalue weighted by Gasteiger charge is 2.16. The van der Waals surface area contributed by atoms with Crippen molar-refractivity contribution in [1.82, 2.24) is 30.6 Å². The van der Waals surface area contributed by atoms with E-state index < -0.39 is 5.91 Å². The Balaban J connectivity index is 1.46. The first-order valence-corrected chi connectivity index (χ1v) is 9.64. The Kier molecular flexibility index (Phi) is 5.24. The molecule has 0 bridgehead atoms. The van der Waals surface area contributed by atoms with Crippen molar-refractivity contribution in [2.75, 3.05) is 0 Å². The summed E-state index contributed by atoms with van der Waals surface area (Å²) in [7, 11) is 0. The number of fused-ring (bicyclic) bond motifs is 2. The smallest absolute Gasteiger partial charge is 0.290 e. The first-order valence-electron chi connectivity index (χ1n) is 9.64. The molecule has 0 radical (unpaired) electrons. The Bertz CT molecular complexity index is 1180. The van der Waals surface area contributed by atoms with E-state index in [0.717, 1.165) is 41.6 Å². The summed E-state index contributed by atoms with van der Waals surface area (Å²) in [6, 6.07) is 15.0. The van der Waals surface area contributed by atoms with E-state index >= 15 is 0 Å². The number of aromatic amines is 1. The maximum absolute atomic E-state index is 12.5. The van der Waals surface area contributed by atoms with Gasteiger partial charge in [0.15, 0.2) is 5.69 Å². The lowest BCUT2D eigenvalue weighted by Crippen LogP contribution is -2.43. The number of imidazole rings is 1. The van der Waals surface area contributed by atoms with Gasteiger partial charge in [-0.1, -0.05) is 43.7 Å². The zero-order valence-corrected chi connectivity index (χ0v) is 16.1. The van der Waals surface area contributed by atoms with Crippen LogP contribution in [0.1, 0.15) is 36.1 Å². The van der Waals surface area contributed by atoms with Gasteiger partial charge in [0.25, 0.3) is 11.8 Å². The van der Waals surface area contributed by atoms with Crippen LogP contribution in [0.3, 0.4) is 0 Å². The Labute approximate surface area is 167 Å². The molecule has 8 heteroatoms. The predicted octanol–water partition coefficient (Wildman–Crippen LogP) is 2.72. The highest BCUT2D eigenvalue weighted by Crippen LogP contribution is 2.18. The van der Waals surface area contributed by atoms with E-state index in [2.05, 4.69) is 33.0 Å². The van der Waals surface area contributed by atoms with Gasteiger partial charge in [-0.2, -0.15) is 5.10 Å². The molecule has 29 heavy (non-hydrogen) atoms. The molecule has 0 atom stereocenters. The number of H-pyrrole nitrogens is 1. The predicted molar refractivity (Wildman–Crippen MR) is 110 cm³/mol. The molecule has 0 aliphatic carbocycles. The fourth-order valence-corrected chi connectivity index (χ4v) is 3.33. The molecule has 4 aromatic rings. The zero-order chi connectivity index (χ0) is 20.2. The molecule has 0 fully saturated rings. The van der Waals surface area contributed by atoms with Crippen molar-refractivity contribution in [2.24, 2.45) is 0 Å². The lowest BCUT2D eigenvalue weighted by molar-refractivity contribution is -0.122. The molecule has 2 aromatic carbocycles. The summed E-state index contributed by atoms with van der Waals surface area (Å²) in [6.45, 7) is 2.19. The number of nitrogens with one attached hydrogen (secondary N) is 3. The van der Waals surface area contributed by atoms with Gasteiger partial charge in [-0.25, -0.2) is 4.98 Å². The topological polar surface area (TPSA) is 105 Å². The van der Waals surface area contributed by atoms with Gasteiger partial charge in [0.1, 0.15) is 12.4 Å². The minimum absolute atomic E-state index is 0.0706. The average Bonchev–Trinajstić information content (AvgIpc) is 3.32. The number of aromatic nitrogens is 4. The summed E-state index contributed by atoms with van der Waals surface area (Å²) < 4.78 is 1.90. The molecule has 0 aliphatic heterocycles. The maximum atomic E-state index is 12.5. The quantitative estimate of drug-likeness (QED) is 0.440. The van der Waals surface area contributed by atoms with Crippen LogP contribution in [0.2, 0.25) is 0 Å². The maximum Gasteiger partial charge on any atom is 0.290 e. The molecule has 2 aromatic heterocycles. The lowest BCUT2D eigenvalue weighted by Gasteiger charge is -2.10. The molecule has 0 saturated carbocycles. The van der Waals surface area contributed by atoms with Crippen LogP contribution in [0.5, 0.6) is 0 Å². The largest absolute Gasteiger partial charge is 0.318 e. The lowest BCUT2D eigenvalue weighted by atomic mass is 10.2. The zero-order valence-electron chi connectivity index (χ0n) is 16.1. The number of amides is 2. The van der Waals surface area contributed by atoms with E-state index in [1.54, 1.807) is 6.07 Å². The van der Waals surface area contributed by atoms with Crippen LogP contribution < -0.4 is 10.9 Å². The fourth-order valence-electron chi connectivity index (χ4n) is 3.33. The Morgan fingerprint density at radius 2 is 1.86 bits per heavy atom. The number of hydrogen-bond acceptors (Lipinski definition) is 4. The Morgan fingerprint density at radius 3 is 2.72 bits per heavy atom. The standard InChI is InChI=1S/C21H22N6O2/c1-2-3-12-18-22-16-10-6-7-11-17(16)27(18)13-19(28)24-26-21(29)20-14-8-4-5-9-15(14)23-25-20/h4-11H,2-3,12-13H2,1H3,(H,23,25)(H,24,28)(H,26,29). The molecule has 0 aliphatic rings. The fraction of sp³-hybridized carbons (Fsp3) is 0.238. The normalized spacial score (nSPS) is 11.1. The number of benzene rings is 2. The summed E-state index contributed by atoms with van der Waals surface area (Å²) >= 11 is 0. The van der Waals surface area contributed by atoms with E-state index in [0.29, 0.717) is 5.39 Å². The minimum Gasteiger partial charge on any atom is -0.318 e. The average molecular weight is 390 g/mol. The molecular weight excluding hydrogens is 368 g/mol. The number of nitrogens with zero attached hydrogens (tertiary/aromatic N) is 3. The van der Waals surface area contributed by atoms with Gasteiger partial charge in [0, 0.05) is 11.8 Å². The second-order valence-electron chi connectivity index (χ2n) is 6.83. The highest BCUT2D eigenvalue weighted by molar-refractivity contribution is 6.05. The number of para-hydroxylation sites is 3. The van der Waals surface area contributed by atoms with E-state index in [4.69, 9.17) is 0 Å². The minimum atomic E-state index is -0.475. The number of carbonyl (C=O) groups excluding carboxylic acids is 2. The number of hydrogen-bond donors (Lipinski definition) is 3. The van der Waals surface area contributed by atoms with Crippen LogP contribution in [0.15, 0.2) is 48.5 Å². The molecule has 4 rings (SSSR count). The number of hydrazine groups is 1. The van der Waals surface area contributed by atoms with Gasteiger partial charge < -0.3 is 4.57 Å². The number of carbonyl (C=O) groups is 2. The van der Waals surface area contributed by atoms with E-state index in [-0.39, 0.29) is 18.1 Å². The first-order chi connectivity index (χ1) is 14.2. The summed E-state index contributed by atoms with van der Waals surface area (Å²) in [5.41, 5.74) is 7.68. The second-order valence-corrected chi connectivity index (χ2v) is 6.83. The van der Waals surface area contributed by atoms with Gasteiger partial charge in [-0.15, -0.1) is 0 Å². The molecule has 2 heterocycles. The van der Waals surface area contributed by atoms with E-state index in [1.807, 2.05) is 47.0 Å². The summed E-state index contributed by atoms with van der Waals surface area (Å²) in [5, 5.41) is 7.53. The SMILES string of the molecule is CCCCc1nc2ccccc2n1CC(=O)NNC(=O)c1n[nH]c2ccccc12. The number of rotatable bonds is 6. The van der Waals surface area contributed by atoms with Crippen molar-refractivity contribution in [2.45, 2.75) is 32.7 Å². The monoisotopic (exact) mass is 390 g/mol. The van der Waals surface area contributed by atoms with Gasteiger partial charge in [-0.05, 0) is 24.6 Å². The van der Waals surface area contributed by atoms with Crippen molar-refractivity contribution in [1.29, 1.82) is 0 Å². The summed E-state index contributed by atoms with van der Waals surface area (Å²) in [4.78, 5) is 29.6. The molecule has 8 nitrogen and oxygen atoms in total. The number of aryl methyl sites for hydroxylation is 1. The van der Waals surface area contributed by atoms with E-state index in [9.17, 15) is 9.59 Å². The van der Waals surface area contributed by atoms with Crippen LogP contribution >= 0.6 is 0 Å². The highest BCUT2D eigenvalue weighted by atomic mass is 16.2. The van der Waals surface area contributed by atoms with Gasteiger partial charge in [0.05, 0.1) is 16.6 Å². The van der Waals surface area contributed by atoms with Crippen molar-refractivity contribution in [3.8, 4) is 0 Å². The Morgan fingerprint density at radius 1 is 1.07 bits per heavy atom. The molecule has 0 saturated heterocycles. The molecule has 2 amide bonds. The third-order valence-corrected chi connectivity index (χ3v) is 4.79. The molecule has 148 valence electrons. The van der Waals surface area contributed by atoms with Crippen LogP contribution in [0.25, 0.3) is 21.9 Å². The third kappa shape index (κ3) is 3.82. The van der Waals surface area contributed by atoms with Crippen LogP contribution in [-0.2, 0) is 17.8 Å². The third-order valence-electron chi connectivity index (χ3n) is 4.79. The second kappa shape index (κ2) is 8.14. The Hall–Kier alpha value is -3.68.